The molecule has 258 valence electrons. The zero-order valence-corrected chi connectivity index (χ0v) is 28.2. The molecule has 0 spiro atoms. The number of hydrogen-bond donors (Lipinski definition) is 3. The number of ether oxygens (including phenoxy) is 2. The highest BCUT2D eigenvalue weighted by Gasteiger charge is 2.27. The molecule has 6 rings (SSSR count). The van der Waals surface area contributed by atoms with Gasteiger partial charge in [0.05, 0.1) is 23.7 Å². The average molecular weight is 676 g/mol. The number of alkyl carbamates (subject to hydrolysis) is 1. The lowest BCUT2D eigenvalue weighted by molar-refractivity contribution is -0.121. The lowest BCUT2D eigenvalue weighted by Crippen LogP contribution is -2.52. The van der Waals surface area contributed by atoms with Crippen molar-refractivity contribution in [1.82, 2.24) is 21.1 Å². The molecule has 0 radical (unpaired) electrons. The summed E-state index contributed by atoms with van der Waals surface area (Å²) in [4.78, 5) is 45.6. The number of anilines is 2. The second kappa shape index (κ2) is 16.0. The highest BCUT2D eigenvalue weighted by Crippen LogP contribution is 2.31. The van der Waals surface area contributed by atoms with Crippen molar-refractivity contribution in [3.8, 4) is 5.75 Å². The predicted octanol–water partition coefficient (Wildman–Crippen LogP) is 5.15. The minimum absolute atomic E-state index is 0.0656. The van der Waals surface area contributed by atoms with Gasteiger partial charge in [-0.05, 0) is 60.2 Å². The molecule has 0 saturated carbocycles. The molecular weight excluding hydrogens is 634 g/mol. The number of benzene rings is 4. The van der Waals surface area contributed by atoms with Crippen molar-refractivity contribution < 1.29 is 23.9 Å². The van der Waals surface area contributed by atoms with Gasteiger partial charge in [0.1, 0.15) is 18.9 Å². The molecule has 3 N–H and O–H groups in total. The number of amides is 3. The minimum atomic E-state index is -0.694. The first-order chi connectivity index (χ1) is 24.4. The van der Waals surface area contributed by atoms with Crippen LogP contribution in [0.2, 0.25) is 0 Å². The fraction of sp³-hybridized carbons (Fsp3) is 0.263. The van der Waals surface area contributed by atoms with E-state index in [0.29, 0.717) is 37.4 Å². The van der Waals surface area contributed by atoms with E-state index in [1.165, 1.54) is 10.6 Å². The SMILES string of the molecule is CNN(C(=O)CN1Cc2ccc(OCCCC(=O)NN3CCc4ccccc43)cc2N=C1NC(=O)OCc1ccccc1)c1ccccc1C. The van der Waals surface area contributed by atoms with E-state index >= 15 is 0 Å². The van der Waals surface area contributed by atoms with E-state index in [9.17, 15) is 14.4 Å². The number of hydrogen-bond acceptors (Lipinski definition) is 9. The number of aliphatic imine (C=N–C) groups is 1. The minimum Gasteiger partial charge on any atom is -0.494 e. The number of aryl methyl sites for hydroxylation is 1. The van der Waals surface area contributed by atoms with E-state index in [1.54, 1.807) is 18.0 Å². The summed E-state index contributed by atoms with van der Waals surface area (Å²) in [5.41, 5.74) is 12.2. The lowest BCUT2D eigenvalue weighted by Gasteiger charge is -2.32. The van der Waals surface area contributed by atoms with Gasteiger partial charge in [0.15, 0.2) is 0 Å². The van der Waals surface area contributed by atoms with Crippen molar-refractivity contribution in [3.05, 3.63) is 119 Å². The second-order valence-corrected chi connectivity index (χ2v) is 12.0. The maximum atomic E-state index is 13.6. The fourth-order valence-electron chi connectivity index (χ4n) is 5.94. The van der Waals surface area contributed by atoms with E-state index in [2.05, 4.69) is 22.2 Å². The number of guanidine groups is 1. The summed E-state index contributed by atoms with van der Waals surface area (Å²) in [7, 11) is 1.69. The molecule has 2 heterocycles. The zero-order chi connectivity index (χ0) is 34.9. The van der Waals surface area contributed by atoms with E-state index < -0.39 is 6.09 Å². The molecular formula is C38H41N7O5. The molecule has 12 heteroatoms. The number of hydrazine groups is 2. The van der Waals surface area contributed by atoms with Crippen molar-refractivity contribution in [2.45, 2.75) is 39.3 Å². The first-order valence-corrected chi connectivity index (χ1v) is 16.7. The molecule has 2 aliphatic rings. The van der Waals surface area contributed by atoms with Gasteiger partial charge in [-0.1, -0.05) is 72.8 Å². The Labute approximate surface area is 291 Å². The van der Waals surface area contributed by atoms with Gasteiger partial charge >= 0.3 is 6.09 Å². The van der Waals surface area contributed by atoms with Crippen LogP contribution in [-0.4, -0.2) is 55.5 Å². The highest BCUT2D eigenvalue weighted by atomic mass is 16.5. The summed E-state index contributed by atoms with van der Waals surface area (Å²) in [6.45, 7) is 3.34. The largest absolute Gasteiger partial charge is 0.494 e. The lowest BCUT2D eigenvalue weighted by atomic mass is 10.1. The summed E-state index contributed by atoms with van der Waals surface area (Å²) < 4.78 is 11.5. The molecule has 0 unspecified atom stereocenters. The van der Waals surface area contributed by atoms with Crippen LogP contribution in [0.4, 0.5) is 21.9 Å². The average Bonchev–Trinajstić information content (AvgIpc) is 3.53. The molecule has 2 aliphatic heterocycles. The monoisotopic (exact) mass is 675 g/mol. The molecule has 0 bridgehead atoms. The molecule has 0 aromatic heterocycles. The molecule has 0 fully saturated rings. The quantitative estimate of drug-likeness (QED) is 0.139. The number of rotatable bonds is 12. The fourth-order valence-corrected chi connectivity index (χ4v) is 5.94. The van der Waals surface area contributed by atoms with Crippen LogP contribution < -0.4 is 30.9 Å². The van der Waals surface area contributed by atoms with Crippen molar-refractivity contribution in [3.63, 3.8) is 0 Å². The van der Waals surface area contributed by atoms with Crippen LogP contribution in [0.1, 0.15) is 35.1 Å². The number of nitrogens with one attached hydrogen (secondary N) is 3. The van der Waals surface area contributed by atoms with Gasteiger partial charge in [-0.25, -0.2) is 20.2 Å². The van der Waals surface area contributed by atoms with Gasteiger partial charge in [0.25, 0.3) is 5.91 Å². The van der Waals surface area contributed by atoms with E-state index in [0.717, 1.165) is 41.0 Å². The Bertz CT molecular complexity index is 1870. The van der Waals surface area contributed by atoms with Crippen molar-refractivity contribution in [2.75, 3.05) is 36.8 Å². The standard InChI is InChI=1S/C38H41N7O5/c1-27-11-6-8-15-33(27)45(39-2)36(47)25-43-24-30-18-19-31(23-32(30)40-37(43)41-38(48)50-26-28-12-4-3-5-13-28)49-22-10-17-35(46)42-44-21-20-29-14-7-9-16-34(29)44/h3-9,11-16,18-19,23,39H,10,17,20-22,24-26H2,1-2H3,(H,42,46)(H,40,41,48). The Morgan fingerprint density at radius 1 is 0.920 bits per heavy atom. The molecule has 0 saturated heterocycles. The van der Waals surface area contributed by atoms with Crippen molar-refractivity contribution >= 4 is 40.9 Å². The van der Waals surface area contributed by atoms with Gasteiger partial charge in [0.2, 0.25) is 11.9 Å². The first-order valence-electron chi connectivity index (χ1n) is 16.7. The van der Waals surface area contributed by atoms with E-state index in [4.69, 9.17) is 14.5 Å². The number of nitrogens with zero attached hydrogens (tertiary/aromatic N) is 4. The first kappa shape index (κ1) is 34.0. The Morgan fingerprint density at radius 3 is 2.52 bits per heavy atom. The second-order valence-electron chi connectivity index (χ2n) is 12.0. The predicted molar refractivity (Wildman–Crippen MR) is 192 cm³/mol. The molecule has 50 heavy (non-hydrogen) atoms. The van der Waals surface area contributed by atoms with E-state index in [-0.39, 0.29) is 30.9 Å². The maximum absolute atomic E-state index is 13.6. The molecule has 3 amide bonds. The van der Waals surface area contributed by atoms with Crippen molar-refractivity contribution in [2.24, 2.45) is 4.99 Å². The summed E-state index contributed by atoms with van der Waals surface area (Å²) in [5.74, 6) is 0.458. The van der Waals surface area contributed by atoms with Crippen LogP contribution in [-0.2, 0) is 33.9 Å². The third kappa shape index (κ3) is 8.39. The normalized spacial score (nSPS) is 13.1. The molecule has 0 atom stereocenters. The number of carbonyl (C=O) groups excluding carboxylic acids is 3. The Balaban J connectivity index is 1.10. The van der Waals surface area contributed by atoms with E-state index in [1.807, 2.05) is 96.9 Å². The maximum Gasteiger partial charge on any atom is 0.414 e. The van der Waals surface area contributed by atoms with Crippen LogP contribution in [0.3, 0.4) is 0 Å². The number of para-hydroxylation sites is 2. The summed E-state index contributed by atoms with van der Waals surface area (Å²) in [5, 5.41) is 6.13. The van der Waals surface area contributed by atoms with Crippen LogP contribution in [0.5, 0.6) is 5.75 Å². The molecule has 4 aromatic rings. The summed E-state index contributed by atoms with van der Waals surface area (Å²) in [6.07, 6.45) is 1.06. The smallest absolute Gasteiger partial charge is 0.414 e. The third-order valence-corrected chi connectivity index (χ3v) is 8.49. The van der Waals surface area contributed by atoms with Crippen LogP contribution in [0, 0.1) is 6.92 Å². The van der Waals surface area contributed by atoms with Gasteiger partial charge in [-0.15, -0.1) is 0 Å². The molecule has 4 aromatic carbocycles. The molecule has 0 aliphatic carbocycles. The van der Waals surface area contributed by atoms with Gasteiger partial charge in [0, 0.05) is 32.6 Å². The van der Waals surface area contributed by atoms with Crippen LogP contribution >= 0.6 is 0 Å². The number of fused-ring (bicyclic) bond motifs is 2. The summed E-state index contributed by atoms with van der Waals surface area (Å²) in [6, 6.07) is 30.5. The van der Waals surface area contributed by atoms with Gasteiger partial charge in [-0.2, -0.15) is 0 Å². The topological polar surface area (TPSA) is 128 Å². The van der Waals surface area contributed by atoms with Crippen LogP contribution in [0.15, 0.2) is 102 Å². The third-order valence-electron chi connectivity index (χ3n) is 8.49. The summed E-state index contributed by atoms with van der Waals surface area (Å²) >= 11 is 0. The van der Waals surface area contributed by atoms with Gasteiger partial charge in [-0.3, -0.25) is 25.3 Å². The Morgan fingerprint density at radius 2 is 1.70 bits per heavy atom. The van der Waals surface area contributed by atoms with Crippen LogP contribution in [0.25, 0.3) is 0 Å². The molecule has 12 nitrogen and oxygen atoms in total. The Kier molecular flexibility index (Phi) is 10.9. The van der Waals surface area contributed by atoms with Gasteiger partial charge < -0.3 is 14.4 Å². The number of carbonyl (C=O) groups is 3. The van der Waals surface area contributed by atoms with Crippen molar-refractivity contribution in [1.29, 1.82) is 0 Å². The zero-order valence-electron chi connectivity index (χ0n) is 28.2. The highest BCUT2D eigenvalue weighted by molar-refractivity contribution is 6.01. The Hall–Kier alpha value is -5.88.